The molecule has 166 valence electrons. The lowest BCUT2D eigenvalue weighted by atomic mass is 10.0. The summed E-state index contributed by atoms with van der Waals surface area (Å²) in [6.45, 7) is 5.72. The van der Waals surface area contributed by atoms with Crippen molar-refractivity contribution in [3.63, 3.8) is 0 Å². The van der Waals surface area contributed by atoms with Crippen molar-refractivity contribution in [2.45, 2.75) is 20.8 Å². The molecule has 0 aliphatic heterocycles. The topological polar surface area (TPSA) is 120 Å². The van der Waals surface area contributed by atoms with Crippen molar-refractivity contribution in [1.82, 2.24) is 9.78 Å². The molecule has 33 heavy (non-hydrogen) atoms. The van der Waals surface area contributed by atoms with Crippen molar-refractivity contribution in [2.75, 3.05) is 0 Å². The minimum atomic E-state index is -1.04. The standard InChI is InChI=1S/C25H22N4O4/c1-14-7-8-21(9-15(14)2)29-24(31)23(16(3)28-29)27-26-20-11-19(12-22(30)13-20)17-5-4-6-18(10-17)25(32)33/h4-13,28,30H,1-3H3,(H,32,33). The van der Waals surface area contributed by atoms with Crippen molar-refractivity contribution in [1.29, 1.82) is 0 Å². The van der Waals surface area contributed by atoms with Gasteiger partial charge in [0.25, 0.3) is 5.56 Å². The van der Waals surface area contributed by atoms with E-state index in [0.29, 0.717) is 28.2 Å². The lowest BCUT2D eigenvalue weighted by Crippen LogP contribution is -2.14. The van der Waals surface area contributed by atoms with E-state index in [1.54, 1.807) is 25.1 Å². The zero-order chi connectivity index (χ0) is 23.7. The van der Waals surface area contributed by atoms with Gasteiger partial charge in [0.05, 0.1) is 22.6 Å². The summed E-state index contributed by atoms with van der Waals surface area (Å²) in [7, 11) is 0. The number of aromatic carboxylic acids is 1. The predicted octanol–water partition coefficient (Wildman–Crippen LogP) is 5.58. The quantitative estimate of drug-likeness (QED) is 0.350. The molecule has 0 saturated heterocycles. The third-order valence-corrected chi connectivity index (χ3v) is 5.40. The van der Waals surface area contributed by atoms with Crippen LogP contribution >= 0.6 is 0 Å². The minimum absolute atomic E-state index is 0.0551. The second-order valence-corrected chi connectivity index (χ2v) is 7.82. The first kappa shape index (κ1) is 21.8. The average molecular weight is 442 g/mol. The summed E-state index contributed by atoms with van der Waals surface area (Å²) < 4.78 is 1.42. The van der Waals surface area contributed by atoms with Crippen LogP contribution in [0.5, 0.6) is 5.75 Å². The number of carbonyl (C=O) groups is 1. The minimum Gasteiger partial charge on any atom is -0.508 e. The molecule has 0 amide bonds. The van der Waals surface area contributed by atoms with Crippen molar-refractivity contribution in [3.05, 3.63) is 93.4 Å². The van der Waals surface area contributed by atoms with E-state index >= 15 is 0 Å². The van der Waals surface area contributed by atoms with E-state index in [0.717, 1.165) is 11.1 Å². The summed E-state index contributed by atoms with van der Waals surface area (Å²) in [6.07, 6.45) is 0. The number of H-pyrrole nitrogens is 1. The number of carboxylic acid groups (broad SMARTS) is 1. The summed E-state index contributed by atoms with van der Waals surface area (Å²) in [5, 5.41) is 30.7. The molecule has 0 atom stereocenters. The van der Waals surface area contributed by atoms with Gasteiger partial charge in [-0.1, -0.05) is 18.2 Å². The van der Waals surface area contributed by atoms with E-state index < -0.39 is 5.97 Å². The van der Waals surface area contributed by atoms with Gasteiger partial charge in [0, 0.05) is 6.07 Å². The first-order chi connectivity index (χ1) is 15.7. The molecule has 0 fully saturated rings. The van der Waals surface area contributed by atoms with Crippen molar-refractivity contribution >= 4 is 17.3 Å². The van der Waals surface area contributed by atoms with Crippen LogP contribution in [0.4, 0.5) is 11.4 Å². The Kier molecular flexibility index (Phi) is 5.66. The molecule has 3 aromatic carbocycles. The van der Waals surface area contributed by atoms with Crippen LogP contribution in [-0.2, 0) is 0 Å². The van der Waals surface area contributed by atoms with Crippen LogP contribution in [-0.4, -0.2) is 26.0 Å². The van der Waals surface area contributed by atoms with Gasteiger partial charge in [-0.15, -0.1) is 5.11 Å². The highest BCUT2D eigenvalue weighted by molar-refractivity contribution is 5.89. The highest BCUT2D eigenvalue weighted by atomic mass is 16.4. The van der Waals surface area contributed by atoms with E-state index in [2.05, 4.69) is 15.3 Å². The smallest absolute Gasteiger partial charge is 0.335 e. The van der Waals surface area contributed by atoms with Gasteiger partial charge in [-0.3, -0.25) is 9.89 Å². The Hall–Kier alpha value is -4.46. The van der Waals surface area contributed by atoms with Crippen molar-refractivity contribution < 1.29 is 15.0 Å². The summed E-state index contributed by atoms with van der Waals surface area (Å²) in [4.78, 5) is 24.2. The monoisotopic (exact) mass is 442 g/mol. The number of benzene rings is 3. The Labute approximate surface area is 189 Å². The molecule has 0 radical (unpaired) electrons. The van der Waals surface area contributed by atoms with Crippen LogP contribution in [0.2, 0.25) is 0 Å². The van der Waals surface area contributed by atoms with E-state index in [4.69, 9.17) is 0 Å². The molecule has 8 heteroatoms. The number of hydrogen-bond acceptors (Lipinski definition) is 5. The number of nitrogens with one attached hydrogen (secondary N) is 1. The number of hydrogen-bond donors (Lipinski definition) is 3. The van der Waals surface area contributed by atoms with E-state index in [9.17, 15) is 19.8 Å². The molecule has 0 spiro atoms. The SMILES string of the molecule is Cc1ccc(-n2[nH]c(C)c(N=Nc3cc(O)cc(-c4cccc(C(=O)O)c4)c3)c2=O)cc1C. The van der Waals surface area contributed by atoms with Crippen LogP contribution in [0, 0.1) is 20.8 Å². The van der Waals surface area contributed by atoms with Gasteiger partial charge in [-0.25, -0.2) is 9.48 Å². The van der Waals surface area contributed by atoms with Crippen LogP contribution in [0.15, 0.2) is 75.7 Å². The third kappa shape index (κ3) is 4.45. The Morgan fingerprint density at radius 1 is 0.909 bits per heavy atom. The first-order valence-corrected chi connectivity index (χ1v) is 10.2. The summed E-state index contributed by atoms with van der Waals surface area (Å²) in [6, 6.07) is 16.7. The molecule has 1 aromatic heterocycles. The molecule has 0 saturated carbocycles. The summed E-state index contributed by atoms with van der Waals surface area (Å²) in [5.74, 6) is -1.10. The van der Waals surface area contributed by atoms with Crippen LogP contribution in [0.3, 0.4) is 0 Å². The molecule has 0 aliphatic carbocycles. The molecule has 0 bridgehead atoms. The highest BCUT2D eigenvalue weighted by Crippen LogP contribution is 2.31. The number of phenolic OH excluding ortho intramolecular Hbond substituents is 1. The maximum Gasteiger partial charge on any atom is 0.335 e. The largest absolute Gasteiger partial charge is 0.508 e. The van der Waals surface area contributed by atoms with Crippen LogP contribution in [0.1, 0.15) is 27.2 Å². The normalized spacial score (nSPS) is 11.2. The molecule has 0 aliphatic rings. The van der Waals surface area contributed by atoms with Gasteiger partial charge in [0.1, 0.15) is 5.75 Å². The van der Waals surface area contributed by atoms with Gasteiger partial charge in [0.2, 0.25) is 0 Å². The Morgan fingerprint density at radius 3 is 2.42 bits per heavy atom. The van der Waals surface area contributed by atoms with Gasteiger partial charge in [-0.2, -0.15) is 5.11 Å². The average Bonchev–Trinajstić information content (AvgIpc) is 3.07. The number of aryl methyl sites for hydroxylation is 3. The van der Waals surface area contributed by atoms with Crippen LogP contribution in [0.25, 0.3) is 16.8 Å². The zero-order valence-corrected chi connectivity index (χ0v) is 18.3. The highest BCUT2D eigenvalue weighted by Gasteiger charge is 2.13. The number of aromatic nitrogens is 2. The number of carboxylic acids is 1. The maximum absolute atomic E-state index is 12.9. The second kappa shape index (κ2) is 8.58. The number of phenols is 1. The zero-order valence-electron chi connectivity index (χ0n) is 18.3. The maximum atomic E-state index is 12.9. The summed E-state index contributed by atoms with van der Waals surface area (Å²) >= 11 is 0. The van der Waals surface area contributed by atoms with Gasteiger partial charge < -0.3 is 10.2 Å². The van der Waals surface area contributed by atoms with Crippen molar-refractivity contribution in [2.24, 2.45) is 10.2 Å². The van der Waals surface area contributed by atoms with Crippen LogP contribution < -0.4 is 5.56 Å². The lowest BCUT2D eigenvalue weighted by molar-refractivity contribution is 0.0697. The Morgan fingerprint density at radius 2 is 1.70 bits per heavy atom. The fourth-order valence-electron chi connectivity index (χ4n) is 3.46. The molecule has 0 unspecified atom stereocenters. The molecule has 4 aromatic rings. The third-order valence-electron chi connectivity index (χ3n) is 5.40. The van der Waals surface area contributed by atoms with E-state index in [1.807, 2.05) is 32.0 Å². The van der Waals surface area contributed by atoms with Gasteiger partial charge >= 0.3 is 5.97 Å². The molecule has 4 rings (SSSR count). The Balaban J connectivity index is 1.70. The first-order valence-electron chi connectivity index (χ1n) is 10.2. The molecule has 1 heterocycles. The fraction of sp³-hybridized carbons (Fsp3) is 0.120. The molecular weight excluding hydrogens is 420 g/mol. The molecule has 8 nitrogen and oxygen atoms in total. The second-order valence-electron chi connectivity index (χ2n) is 7.82. The number of nitrogens with zero attached hydrogens (tertiary/aromatic N) is 3. The number of rotatable bonds is 5. The lowest BCUT2D eigenvalue weighted by Gasteiger charge is -2.05. The number of aromatic amines is 1. The van der Waals surface area contributed by atoms with E-state index in [1.165, 1.54) is 28.9 Å². The van der Waals surface area contributed by atoms with Gasteiger partial charge in [-0.05, 0) is 79.4 Å². The fourth-order valence-corrected chi connectivity index (χ4v) is 3.46. The Bertz CT molecular complexity index is 1460. The van der Waals surface area contributed by atoms with E-state index in [-0.39, 0.29) is 22.6 Å². The number of azo groups is 1. The predicted molar refractivity (Wildman–Crippen MR) is 125 cm³/mol. The number of aromatic hydroxyl groups is 1. The molecular formula is C25H22N4O4. The van der Waals surface area contributed by atoms with Gasteiger partial charge in [0.15, 0.2) is 5.69 Å². The summed E-state index contributed by atoms with van der Waals surface area (Å²) in [5.41, 5.74) is 4.90. The van der Waals surface area contributed by atoms with Crippen molar-refractivity contribution in [3.8, 4) is 22.6 Å². The molecule has 3 N–H and O–H groups in total.